The summed E-state index contributed by atoms with van der Waals surface area (Å²) in [6.45, 7) is 2.96. The molecular weight excluding hydrogens is 376 g/mol. The Morgan fingerprint density at radius 3 is 2.86 bits per heavy atom. The molecule has 142 valence electrons. The van der Waals surface area contributed by atoms with Crippen LogP contribution in [0.15, 0.2) is 54.9 Å². The molecule has 0 bridgehead atoms. The van der Waals surface area contributed by atoms with E-state index in [9.17, 15) is 9.90 Å². The first-order chi connectivity index (χ1) is 13.5. The summed E-state index contributed by atoms with van der Waals surface area (Å²) in [6.07, 6.45) is 3.26. The molecule has 0 radical (unpaired) electrons. The van der Waals surface area contributed by atoms with E-state index in [-0.39, 0.29) is 11.7 Å². The Labute approximate surface area is 168 Å². The van der Waals surface area contributed by atoms with Gasteiger partial charge in [-0.15, -0.1) is 0 Å². The van der Waals surface area contributed by atoms with E-state index in [1.54, 1.807) is 29.4 Å². The average molecular weight is 395 g/mol. The van der Waals surface area contributed by atoms with Gasteiger partial charge in [0.2, 0.25) is 0 Å². The van der Waals surface area contributed by atoms with Crippen molar-refractivity contribution in [2.75, 3.05) is 13.2 Å². The Bertz CT molecular complexity index is 1050. The zero-order chi connectivity index (χ0) is 19.7. The van der Waals surface area contributed by atoms with Gasteiger partial charge in [0, 0.05) is 29.5 Å². The van der Waals surface area contributed by atoms with Crippen molar-refractivity contribution in [3.05, 3.63) is 76.6 Å². The SMILES string of the molecule is Cc1ccncc1C(=O)N1CCOc2c(O)cc(-c3cccc(Cl)c3)cc2C1. The van der Waals surface area contributed by atoms with Crippen LogP contribution in [-0.2, 0) is 6.54 Å². The minimum Gasteiger partial charge on any atom is -0.504 e. The normalized spacial score (nSPS) is 13.4. The molecule has 2 aromatic carbocycles. The molecule has 6 heteroatoms. The third kappa shape index (κ3) is 3.53. The van der Waals surface area contributed by atoms with Crippen molar-refractivity contribution in [3.8, 4) is 22.6 Å². The lowest BCUT2D eigenvalue weighted by molar-refractivity contribution is 0.0732. The highest BCUT2D eigenvalue weighted by Gasteiger charge is 2.24. The monoisotopic (exact) mass is 394 g/mol. The molecule has 0 aliphatic carbocycles. The molecule has 1 aromatic heterocycles. The molecule has 0 atom stereocenters. The summed E-state index contributed by atoms with van der Waals surface area (Å²) >= 11 is 6.11. The van der Waals surface area contributed by atoms with Gasteiger partial charge in [-0.25, -0.2) is 0 Å². The van der Waals surface area contributed by atoms with Gasteiger partial charge < -0.3 is 14.7 Å². The molecule has 2 heterocycles. The van der Waals surface area contributed by atoms with Gasteiger partial charge in [0.1, 0.15) is 6.61 Å². The van der Waals surface area contributed by atoms with Gasteiger partial charge in [-0.05, 0) is 53.9 Å². The smallest absolute Gasteiger partial charge is 0.256 e. The van der Waals surface area contributed by atoms with Crippen LogP contribution >= 0.6 is 11.6 Å². The van der Waals surface area contributed by atoms with Gasteiger partial charge in [0.05, 0.1) is 12.1 Å². The van der Waals surface area contributed by atoms with Crippen molar-refractivity contribution in [2.45, 2.75) is 13.5 Å². The fourth-order valence-electron chi connectivity index (χ4n) is 3.37. The Kier molecular flexibility index (Phi) is 4.92. The third-order valence-corrected chi connectivity index (χ3v) is 5.06. The number of pyridine rings is 1. The third-order valence-electron chi connectivity index (χ3n) is 4.83. The van der Waals surface area contributed by atoms with E-state index in [4.69, 9.17) is 16.3 Å². The molecule has 0 spiro atoms. The summed E-state index contributed by atoms with van der Waals surface area (Å²) in [5.41, 5.74) is 3.90. The van der Waals surface area contributed by atoms with Crippen molar-refractivity contribution in [3.63, 3.8) is 0 Å². The maximum Gasteiger partial charge on any atom is 0.256 e. The first kappa shape index (κ1) is 18.3. The highest BCUT2D eigenvalue weighted by Crippen LogP contribution is 2.38. The fraction of sp³-hybridized carbons (Fsp3) is 0.182. The summed E-state index contributed by atoms with van der Waals surface area (Å²) in [5, 5.41) is 11.1. The molecule has 1 aliphatic heterocycles. The molecule has 3 aromatic rings. The predicted octanol–water partition coefficient (Wildman–Crippen LogP) is 4.45. The van der Waals surface area contributed by atoms with E-state index in [0.717, 1.165) is 22.3 Å². The molecule has 0 saturated carbocycles. The number of hydrogen-bond donors (Lipinski definition) is 1. The quantitative estimate of drug-likeness (QED) is 0.697. The van der Waals surface area contributed by atoms with Gasteiger partial charge in [-0.1, -0.05) is 23.7 Å². The number of aromatic hydroxyl groups is 1. The number of aryl methyl sites for hydroxylation is 1. The van der Waals surface area contributed by atoms with Crippen LogP contribution in [0, 0.1) is 6.92 Å². The fourth-order valence-corrected chi connectivity index (χ4v) is 3.56. The molecule has 1 aliphatic rings. The molecular formula is C22H19ClN2O3. The van der Waals surface area contributed by atoms with E-state index in [2.05, 4.69) is 4.98 Å². The number of fused-ring (bicyclic) bond motifs is 1. The number of phenolic OH excluding ortho intramolecular Hbond substituents is 1. The van der Waals surface area contributed by atoms with E-state index in [1.807, 2.05) is 37.3 Å². The van der Waals surface area contributed by atoms with Crippen molar-refractivity contribution in [1.29, 1.82) is 0 Å². The Balaban J connectivity index is 1.71. The lowest BCUT2D eigenvalue weighted by Gasteiger charge is -2.21. The highest BCUT2D eigenvalue weighted by molar-refractivity contribution is 6.30. The zero-order valence-electron chi connectivity index (χ0n) is 15.4. The van der Waals surface area contributed by atoms with Crippen LogP contribution in [-0.4, -0.2) is 34.0 Å². The number of nitrogens with zero attached hydrogens (tertiary/aromatic N) is 2. The van der Waals surface area contributed by atoms with Crippen LogP contribution in [0.25, 0.3) is 11.1 Å². The number of phenols is 1. The summed E-state index contributed by atoms with van der Waals surface area (Å²) in [7, 11) is 0. The lowest BCUT2D eigenvalue weighted by Crippen LogP contribution is -2.33. The van der Waals surface area contributed by atoms with Gasteiger partial charge in [-0.3, -0.25) is 9.78 Å². The number of amides is 1. The van der Waals surface area contributed by atoms with Gasteiger partial charge in [0.15, 0.2) is 11.5 Å². The number of hydrogen-bond acceptors (Lipinski definition) is 4. The Morgan fingerprint density at radius 2 is 2.07 bits per heavy atom. The van der Waals surface area contributed by atoms with Gasteiger partial charge in [0.25, 0.3) is 5.91 Å². The average Bonchev–Trinajstić information content (AvgIpc) is 2.91. The van der Waals surface area contributed by atoms with E-state index >= 15 is 0 Å². The number of benzene rings is 2. The second-order valence-corrected chi connectivity index (χ2v) is 7.20. The van der Waals surface area contributed by atoms with E-state index < -0.39 is 0 Å². The van der Waals surface area contributed by atoms with Crippen molar-refractivity contribution in [2.24, 2.45) is 0 Å². The van der Waals surface area contributed by atoms with Crippen LogP contribution < -0.4 is 4.74 Å². The van der Waals surface area contributed by atoms with Gasteiger partial charge >= 0.3 is 0 Å². The predicted molar refractivity (Wildman–Crippen MR) is 108 cm³/mol. The standard InChI is InChI=1S/C22H19ClN2O3/c1-14-5-6-24-12-19(14)22(27)25-7-8-28-21-17(13-25)9-16(11-20(21)26)15-3-2-4-18(23)10-15/h2-6,9-12,26H,7-8,13H2,1H3. The minimum atomic E-state index is -0.102. The van der Waals surface area contributed by atoms with E-state index in [1.165, 1.54) is 0 Å². The molecule has 28 heavy (non-hydrogen) atoms. The zero-order valence-corrected chi connectivity index (χ0v) is 16.1. The number of carbonyl (C=O) groups is 1. The minimum absolute atomic E-state index is 0.0549. The molecule has 5 nitrogen and oxygen atoms in total. The maximum atomic E-state index is 13.0. The molecule has 4 rings (SSSR count). The van der Waals surface area contributed by atoms with Gasteiger partial charge in [-0.2, -0.15) is 0 Å². The number of halogens is 1. The van der Waals surface area contributed by atoms with Crippen LogP contribution in [0.1, 0.15) is 21.5 Å². The van der Waals surface area contributed by atoms with E-state index in [0.29, 0.717) is 36.0 Å². The molecule has 0 saturated heterocycles. The van der Waals surface area contributed by atoms with Crippen LogP contribution in [0.5, 0.6) is 11.5 Å². The Morgan fingerprint density at radius 1 is 1.21 bits per heavy atom. The molecule has 0 fully saturated rings. The maximum absolute atomic E-state index is 13.0. The second kappa shape index (κ2) is 7.52. The largest absolute Gasteiger partial charge is 0.504 e. The van der Waals surface area contributed by atoms with Crippen LogP contribution in [0.2, 0.25) is 5.02 Å². The van der Waals surface area contributed by atoms with Crippen molar-refractivity contribution in [1.82, 2.24) is 9.88 Å². The highest BCUT2D eigenvalue weighted by atomic mass is 35.5. The van der Waals surface area contributed by atoms with Crippen molar-refractivity contribution < 1.29 is 14.6 Å². The first-order valence-corrected chi connectivity index (χ1v) is 9.35. The number of ether oxygens (including phenoxy) is 1. The summed E-state index contributed by atoms with van der Waals surface area (Å²) in [4.78, 5) is 18.8. The summed E-state index contributed by atoms with van der Waals surface area (Å²) < 4.78 is 5.75. The number of aromatic nitrogens is 1. The number of rotatable bonds is 2. The van der Waals surface area contributed by atoms with Crippen LogP contribution in [0.4, 0.5) is 0 Å². The summed E-state index contributed by atoms with van der Waals surface area (Å²) in [5.74, 6) is 0.373. The topological polar surface area (TPSA) is 62.7 Å². The first-order valence-electron chi connectivity index (χ1n) is 8.97. The lowest BCUT2D eigenvalue weighted by atomic mass is 10.0. The molecule has 0 unspecified atom stereocenters. The van der Waals surface area contributed by atoms with Crippen molar-refractivity contribution >= 4 is 17.5 Å². The number of carbonyl (C=O) groups excluding carboxylic acids is 1. The van der Waals surface area contributed by atoms with Crippen LogP contribution in [0.3, 0.4) is 0 Å². The molecule has 1 N–H and O–H groups in total. The second-order valence-electron chi connectivity index (χ2n) is 6.76. The molecule has 1 amide bonds. The Hall–Kier alpha value is -3.05. The summed E-state index contributed by atoms with van der Waals surface area (Å²) in [6, 6.07) is 12.8.